The third-order valence-corrected chi connectivity index (χ3v) is 3.85. The highest BCUT2D eigenvalue weighted by Gasteiger charge is 2.50. The van der Waals surface area contributed by atoms with E-state index in [1.54, 1.807) is 0 Å². The van der Waals surface area contributed by atoms with Crippen molar-refractivity contribution in [3.63, 3.8) is 0 Å². The van der Waals surface area contributed by atoms with E-state index >= 15 is 0 Å². The molecule has 0 aliphatic heterocycles. The van der Waals surface area contributed by atoms with E-state index < -0.39 is 0 Å². The molecule has 1 aliphatic carbocycles. The summed E-state index contributed by atoms with van der Waals surface area (Å²) in [5.41, 5.74) is 0.792. The van der Waals surface area contributed by atoms with Crippen LogP contribution in [-0.4, -0.2) is 0 Å². The average molecular weight is 182 g/mol. The third kappa shape index (κ3) is 2.72. The lowest BCUT2D eigenvalue weighted by molar-refractivity contribution is 0.359. The van der Waals surface area contributed by atoms with Gasteiger partial charge >= 0.3 is 0 Å². The zero-order valence-electron chi connectivity index (χ0n) is 9.90. The molecule has 0 nitrogen and oxygen atoms in total. The minimum atomic E-state index is 0.792. The standard InChI is InChI=1S/C13H26/c1-5-7-8-13(6-2)10-12(13)9-11(3)4/h11-12H,5-10H2,1-4H3. The van der Waals surface area contributed by atoms with E-state index in [2.05, 4.69) is 27.7 Å². The Hall–Kier alpha value is 0. The van der Waals surface area contributed by atoms with E-state index in [4.69, 9.17) is 0 Å². The summed E-state index contributed by atoms with van der Waals surface area (Å²) in [5.74, 6) is 1.98. The first kappa shape index (κ1) is 11.1. The topological polar surface area (TPSA) is 0 Å². The van der Waals surface area contributed by atoms with Crippen LogP contribution >= 0.6 is 0 Å². The molecule has 0 spiro atoms. The molecule has 1 rings (SSSR count). The van der Waals surface area contributed by atoms with E-state index in [0.717, 1.165) is 17.3 Å². The second kappa shape index (κ2) is 4.48. The van der Waals surface area contributed by atoms with Crippen molar-refractivity contribution in [2.45, 2.75) is 66.2 Å². The minimum absolute atomic E-state index is 0.792. The lowest BCUT2D eigenvalue weighted by Crippen LogP contribution is -2.04. The van der Waals surface area contributed by atoms with Crippen LogP contribution < -0.4 is 0 Å². The highest BCUT2D eigenvalue weighted by molar-refractivity contribution is 5.00. The fraction of sp³-hybridized carbons (Fsp3) is 1.00. The molecule has 2 atom stereocenters. The van der Waals surface area contributed by atoms with Gasteiger partial charge in [-0.15, -0.1) is 0 Å². The Morgan fingerprint density at radius 1 is 1.31 bits per heavy atom. The van der Waals surface area contributed by atoms with E-state index in [1.807, 2.05) is 0 Å². The smallest absolute Gasteiger partial charge is 0.0269 e. The molecule has 0 aromatic heterocycles. The average Bonchev–Trinajstić information content (AvgIpc) is 2.75. The predicted molar refractivity (Wildman–Crippen MR) is 59.8 cm³/mol. The summed E-state index contributed by atoms with van der Waals surface area (Å²) in [6, 6.07) is 0. The highest BCUT2D eigenvalue weighted by atomic mass is 14.6. The summed E-state index contributed by atoms with van der Waals surface area (Å²) in [7, 11) is 0. The SMILES string of the molecule is CCCCC1(CC)CC1CC(C)C. The van der Waals surface area contributed by atoms with Gasteiger partial charge in [0.2, 0.25) is 0 Å². The van der Waals surface area contributed by atoms with Crippen LogP contribution in [0.25, 0.3) is 0 Å². The molecular weight excluding hydrogens is 156 g/mol. The van der Waals surface area contributed by atoms with E-state index in [-0.39, 0.29) is 0 Å². The maximum atomic E-state index is 2.38. The molecule has 78 valence electrons. The summed E-state index contributed by atoms with van der Waals surface area (Å²) in [6.07, 6.45) is 8.74. The molecule has 13 heavy (non-hydrogen) atoms. The van der Waals surface area contributed by atoms with E-state index in [9.17, 15) is 0 Å². The highest BCUT2D eigenvalue weighted by Crippen LogP contribution is 2.60. The summed E-state index contributed by atoms with van der Waals surface area (Å²) >= 11 is 0. The lowest BCUT2D eigenvalue weighted by Gasteiger charge is -2.15. The van der Waals surface area contributed by atoms with Crippen LogP contribution in [0.4, 0.5) is 0 Å². The summed E-state index contributed by atoms with van der Waals surface area (Å²) in [4.78, 5) is 0. The van der Waals surface area contributed by atoms with Crippen molar-refractivity contribution in [3.05, 3.63) is 0 Å². The second-order valence-corrected chi connectivity index (χ2v) is 5.35. The fourth-order valence-corrected chi connectivity index (χ4v) is 2.78. The number of unbranched alkanes of at least 4 members (excludes halogenated alkanes) is 1. The quantitative estimate of drug-likeness (QED) is 0.561. The minimum Gasteiger partial charge on any atom is -0.0654 e. The van der Waals surface area contributed by atoms with Crippen molar-refractivity contribution >= 4 is 0 Å². The van der Waals surface area contributed by atoms with Gasteiger partial charge in [0.25, 0.3) is 0 Å². The number of hydrogen-bond donors (Lipinski definition) is 0. The third-order valence-electron chi connectivity index (χ3n) is 3.85. The second-order valence-electron chi connectivity index (χ2n) is 5.35. The van der Waals surface area contributed by atoms with Crippen molar-refractivity contribution in [2.75, 3.05) is 0 Å². The Morgan fingerprint density at radius 3 is 2.46 bits per heavy atom. The molecule has 0 N–H and O–H groups in total. The molecule has 1 aliphatic rings. The van der Waals surface area contributed by atoms with Crippen LogP contribution in [0.1, 0.15) is 66.2 Å². The van der Waals surface area contributed by atoms with Crippen LogP contribution in [0, 0.1) is 17.3 Å². The van der Waals surface area contributed by atoms with Crippen LogP contribution in [-0.2, 0) is 0 Å². The van der Waals surface area contributed by atoms with Crippen molar-refractivity contribution < 1.29 is 0 Å². The van der Waals surface area contributed by atoms with Gasteiger partial charge < -0.3 is 0 Å². The van der Waals surface area contributed by atoms with Crippen molar-refractivity contribution in [3.8, 4) is 0 Å². The van der Waals surface area contributed by atoms with Gasteiger partial charge in [0.15, 0.2) is 0 Å². The van der Waals surface area contributed by atoms with Crippen molar-refractivity contribution in [1.29, 1.82) is 0 Å². The Kier molecular flexibility index (Phi) is 3.82. The van der Waals surface area contributed by atoms with Crippen molar-refractivity contribution in [1.82, 2.24) is 0 Å². The zero-order chi connectivity index (χ0) is 9.90. The molecule has 0 saturated heterocycles. The van der Waals surface area contributed by atoms with Gasteiger partial charge in [-0.05, 0) is 36.5 Å². The van der Waals surface area contributed by atoms with Gasteiger partial charge in [0.05, 0.1) is 0 Å². The Bertz CT molecular complexity index is 148. The predicted octanol–water partition coefficient (Wildman–Crippen LogP) is 4.64. The number of rotatable bonds is 6. The van der Waals surface area contributed by atoms with E-state index in [1.165, 1.54) is 38.5 Å². The van der Waals surface area contributed by atoms with Crippen molar-refractivity contribution in [2.24, 2.45) is 17.3 Å². The first-order chi connectivity index (χ1) is 6.14. The molecule has 0 aromatic carbocycles. The Morgan fingerprint density at radius 2 is 2.00 bits per heavy atom. The molecular formula is C13H26. The molecule has 1 fully saturated rings. The van der Waals surface area contributed by atoms with Gasteiger partial charge in [0.1, 0.15) is 0 Å². The van der Waals surface area contributed by atoms with Gasteiger partial charge in [-0.25, -0.2) is 0 Å². The molecule has 0 heteroatoms. The van der Waals surface area contributed by atoms with Gasteiger partial charge in [-0.2, -0.15) is 0 Å². The molecule has 0 aromatic rings. The maximum absolute atomic E-state index is 2.38. The molecule has 0 amide bonds. The summed E-state index contributed by atoms with van der Waals surface area (Å²) in [6.45, 7) is 9.41. The molecule has 0 heterocycles. The van der Waals surface area contributed by atoms with E-state index in [0.29, 0.717) is 0 Å². The molecule has 1 saturated carbocycles. The van der Waals surface area contributed by atoms with Gasteiger partial charge in [-0.3, -0.25) is 0 Å². The van der Waals surface area contributed by atoms with Gasteiger partial charge in [-0.1, -0.05) is 47.0 Å². The fourth-order valence-electron chi connectivity index (χ4n) is 2.78. The summed E-state index contributed by atoms with van der Waals surface area (Å²) in [5, 5.41) is 0. The Balaban J connectivity index is 2.30. The largest absolute Gasteiger partial charge is 0.0654 e. The molecule has 0 bridgehead atoms. The lowest BCUT2D eigenvalue weighted by atomic mass is 9.90. The molecule has 0 radical (unpaired) electrons. The summed E-state index contributed by atoms with van der Waals surface area (Å²) < 4.78 is 0. The van der Waals surface area contributed by atoms with Crippen LogP contribution in [0.15, 0.2) is 0 Å². The maximum Gasteiger partial charge on any atom is -0.0269 e. The number of hydrogen-bond acceptors (Lipinski definition) is 0. The monoisotopic (exact) mass is 182 g/mol. The normalized spacial score (nSPS) is 32.5. The van der Waals surface area contributed by atoms with Crippen LogP contribution in [0.2, 0.25) is 0 Å². The Labute approximate surface area is 84.1 Å². The van der Waals surface area contributed by atoms with Crippen LogP contribution in [0.5, 0.6) is 0 Å². The zero-order valence-corrected chi connectivity index (χ0v) is 9.90. The van der Waals surface area contributed by atoms with Crippen LogP contribution in [0.3, 0.4) is 0 Å². The first-order valence-corrected chi connectivity index (χ1v) is 6.14. The first-order valence-electron chi connectivity index (χ1n) is 6.14. The van der Waals surface area contributed by atoms with Gasteiger partial charge in [0, 0.05) is 0 Å². The molecule has 2 unspecified atom stereocenters.